The summed E-state index contributed by atoms with van der Waals surface area (Å²) in [5.41, 5.74) is 5.00. The molecule has 5 heteroatoms. The standard InChI is InChI=1S/C21H13Br2ClN2/c22-16-8-4-14(5-9-16)20-13-21(15-6-10-17(23)11-7-15)26(25-20)19-3-1-2-18(24)12-19/h1-13H. The zero-order valence-corrected chi connectivity index (χ0v) is 17.5. The van der Waals surface area contributed by atoms with Gasteiger partial charge in [0.1, 0.15) is 0 Å². The maximum Gasteiger partial charge on any atom is 0.0934 e. The van der Waals surface area contributed by atoms with Gasteiger partial charge in [-0.05, 0) is 48.5 Å². The third kappa shape index (κ3) is 3.63. The molecule has 0 radical (unpaired) electrons. The summed E-state index contributed by atoms with van der Waals surface area (Å²) in [5.74, 6) is 0. The van der Waals surface area contributed by atoms with Crippen molar-refractivity contribution in [2.24, 2.45) is 0 Å². The molecular weight excluding hydrogens is 476 g/mol. The first kappa shape index (κ1) is 17.5. The molecule has 3 aromatic carbocycles. The highest BCUT2D eigenvalue weighted by molar-refractivity contribution is 9.10. The Morgan fingerprint density at radius 2 is 1.35 bits per heavy atom. The maximum absolute atomic E-state index is 6.20. The largest absolute Gasteiger partial charge is 0.232 e. The number of rotatable bonds is 3. The Kier molecular flexibility index (Phi) is 4.98. The minimum Gasteiger partial charge on any atom is -0.232 e. The van der Waals surface area contributed by atoms with E-state index in [-0.39, 0.29) is 0 Å². The highest BCUT2D eigenvalue weighted by atomic mass is 79.9. The minimum atomic E-state index is 0.685. The highest BCUT2D eigenvalue weighted by Crippen LogP contribution is 2.30. The molecule has 4 rings (SSSR count). The first-order valence-electron chi connectivity index (χ1n) is 7.98. The molecule has 0 aliphatic carbocycles. The van der Waals surface area contributed by atoms with Crippen molar-refractivity contribution >= 4 is 43.5 Å². The SMILES string of the molecule is Clc1cccc(-n2nc(-c3ccc(Br)cc3)cc2-c2ccc(Br)cc2)c1. The lowest BCUT2D eigenvalue weighted by atomic mass is 10.1. The highest BCUT2D eigenvalue weighted by Gasteiger charge is 2.13. The van der Waals surface area contributed by atoms with Crippen LogP contribution in [0.3, 0.4) is 0 Å². The average molecular weight is 489 g/mol. The van der Waals surface area contributed by atoms with Crippen molar-refractivity contribution in [3.05, 3.63) is 92.8 Å². The van der Waals surface area contributed by atoms with E-state index in [1.54, 1.807) is 0 Å². The van der Waals surface area contributed by atoms with Crippen LogP contribution in [0.5, 0.6) is 0 Å². The molecule has 0 fully saturated rings. The van der Waals surface area contributed by atoms with E-state index < -0.39 is 0 Å². The van der Waals surface area contributed by atoms with Gasteiger partial charge in [-0.2, -0.15) is 5.10 Å². The van der Waals surface area contributed by atoms with Gasteiger partial charge in [0.25, 0.3) is 0 Å². The summed E-state index contributed by atoms with van der Waals surface area (Å²) in [5, 5.41) is 5.54. The van der Waals surface area contributed by atoms with Gasteiger partial charge in [0.2, 0.25) is 0 Å². The molecule has 0 unspecified atom stereocenters. The molecule has 128 valence electrons. The molecule has 1 aromatic heterocycles. The lowest BCUT2D eigenvalue weighted by molar-refractivity contribution is 0.892. The molecule has 0 atom stereocenters. The summed E-state index contributed by atoms with van der Waals surface area (Å²) in [6.45, 7) is 0. The normalized spacial score (nSPS) is 10.9. The maximum atomic E-state index is 6.20. The van der Waals surface area contributed by atoms with Crippen molar-refractivity contribution in [3.63, 3.8) is 0 Å². The predicted molar refractivity (Wildman–Crippen MR) is 115 cm³/mol. The summed E-state index contributed by atoms with van der Waals surface area (Å²) < 4.78 is 4.03. The second-order valence-corrected chi connectivity index (χ2v) is 8.09. The second-order valence-electron chi connectivity index (χ2n) is 5.82. The molecule has 0 N–H and O–H groups in total. The molecule has 0 aliphatic heterocycles. The van der Waals surface area contributed by atoms with Crippen LogP contribution in [-0.2, 0) is 0 Å². The molecule has 0 spiro atoms. The lowest BCUT2D eigenvalue weighted by Crippen LogP contribution is -1.99. The van der Waals surface area contributed by atoms with Crippen LogP contribution in [0.25, 0.3) is 28.2 Å². The molecule has 0 aliphatic rings. The third-order valence-electron chi connectivity index (χ3n) is 4.04. The predicted octanol–water partition coefficient (Wildman–Crippen LogP) is 7.38. The van der Waals surface area contributed by atoms with E-state index >= 15 is 0 Å². The van der Waals surface area contributed by atoms with Crippen LogP contribution in [0.1, 0.15) is 0 Å². The number of hydrogen-bond acceptors (Lipinski definition) is 1. The van der Waals surface area contributed by atoms with Crippen molar-refractivity contribution in [2.75, 3.05) is 0 Å². The van der Waals surface area contributed by atoms with Gasteiger partial charge in [0, 0.05) is 25.1 Å². The van der Waals surface area contributed by atoms with Gasteiger partial charge in [-0.25, -0.2) is 4.68 Å². The quantitative estimate of drug-likeness (QED) is 0.294. The molecule has 2 nitrogen and oxygen atoms in total. The van der Waals surface area contributed by atoms with Crippen LogP contribution in [-0.4, -0.2) is 9.78 Å². The molecule has 0 saturated carbocycles. The van der Waals surface area contributed by atoms with E-state index in [1.165, 1.54) is 0 Å². The van der Waals surface area contributed by atoms with E-state index in [0.29, 0.717) is 5.02 Å². The van der Waals surface area contributed by atoms with Gasteiger partial charge in [-0.15, -0.1) is 0 Å². The van der Waals surface area contributed by atoms with E-state index in [0.717, 1.165) is 37.1 Å². The molecule has 0 saturated heterocycles. The summed E-state index contributed by atoms with van der Waals surface area (Å²) >= 11 is 13.2. The Labute approximate surface area is 173 Å². The first-order chi connectivity index (χ1) is 12.6. The summed E-state index contributed by atoms with van der Waals surface area (Å²) in [7, 11) is 0. The van der Waals surface area contributed by atoms with Crippen molar-refractivity contribution in [3.8, 4) is 28.2 Å². The molecular formula is C21H13Br2ClN2. The van der Waals surface area contributed by atoms with Gasteiger partial charge >= 0.3 is 0 Å². The number of hydrogen-bond donors (Lipinski definition) is 0. The molecule has 0 amide bonds. The summed E-state index contributed by atoms with van der Waals surface area (Å²) in [6, 6.07) is 26.2. The van der Waals surface area contributed by atoms with Gasteiger partial charge in [-0.1, -0.05) is 73.8 Å². The number of halogens is 3. The van der Waals surface area contributed by atoms with Crippen molar-refractivity contribution in [1.29, 1.82) is 0 Å². The van der Waals surface area contributed by atoms with Crippen LogP contribution < -0.4 is 0 Å². The Morgan fingerprint density at radius 1 is 0.731 bits per heavy atom. The fourth-order valence-corrected chi connectivity index (χ4v) is 3.49. The summed E-state index contributed by atoms with van der Waals surface area (Å²) in [6.07, 6.45) is 0. The van der Waals surface area contributed by atoms with Crippen LogP contribution >= 0.6 is 43.5 Å². The van der Waals surface area contributed by atoms with E-state index in [2.05, 4.69) is 62.2 Å². The third-order valence-corrected chi connectivity index (χ3v) is 5.33. The molecule has 1 heterocycles. The van der Waals surface area contributed by atoms with Gasteiger partial charge in [0.15, 0.2) is 0 Å². The van der Waals surface area contributed by atoms with Crippen molar-refractivity contribution in [2.45, 2.75) is 0 Å². The number of nitrogens with zero attached hydrogens (tertiary/aromatic N) is 2. The zero-order chi connectivity index (χ0) is 18.1. The minimum absolute atomic E-state index is 0.685. The van der Waals surface area contributed by atoms with Gasteiger partial charge in [-0.3, -0.25) is 0 Å². The van der Waals surface area contributed by atoms with Crippen molar-refractivity contribution < 1.29 is 0 Å². The zero-order valence-electron chi connectivity index (χ0n) is 13.5. The Bertz CT molecular complexity index is 1050. The smallest absolute Gasteiger partial charge is 0.0934 e. The van der Waals surface area contributed by atoms with Gasteiger partial charge in [0.05, 0.1) is 17.1 Å². The van der Waals surface area contributed by atoms with E-state index in [9.17, 15) is 0 Å². The van der Waals surface area contributed by atoms with Crippen LogP contribution in [0.15, 0.2) is 87.8 Å². The van der Waals surface area contributed by atoms with Crippen LogP contribution in [0.4, 0.5) is 0 Å². The molecule has 4 aromatic rings. The Balaban J connectivity index is 1.90. The van der Waals surface area contributed by atoms with Crippen LogP contribution in [0, 0.1) is 0 Å². The molecule has 0 bridgehead atoms. The van der Waals surface area contributed by atoms with Gasteiger partial charge < -0.3 is 0 Å². The van der Waals surface area contributed by atoms with Crippen LogP contribution in [0.2, 0.25) is 5.02 Å². The Morgan fingerprint density at radius 3 is 1.96 bits per heavy atom. The van der Waals surface area contributed by atoms with E-state index in [4.69, 9.17) is 16.7 Å². The summed E-state index contributed by atoms with van der Waals surface area (Å²) in [4.78, 5) is 0. The average Bonchev–Trinajstić information content (AvgIpc) is 3.08. The first-order valence-corrected chi connectivity index (χ1v) is 9.94. The fourth-order valence-electron chi connectivity index (χ4n) is 2.77. The monoisotopic (exact) mass is 486 g/mol. The fraction of sp³-hybridized carbons (Fsp3) is 0. The molecule has 26 heavy (non-hydrogen) atoms. The number of benzene rings is 3. The number of aromatic nitrogens is 2. The topological polar surface area (TPSA) is 17.8 Å². The van der Waals surface area contributed by atoms with Crippen molar-refractivity contribution in [1.82, 2.24) is 9.78 Å². The Hall–Kier alpha value is -1.88. The lowest BCUT2D eigenvalue weighted by Gasteiger charge is -2.08. The van der Waals surface area contributed by atoms with E-state index in [1.807, 2.05) is 53.2 Å². The second kappa shape index (κ2) is 7.39.